The second kappa shape index (κ2) is 7.36. The van der Waals surface area contributed by atoms with Gasteiger partial charge in [-0.1, -0.05) is 18.2 Å². The van der Waals surface area contributed by atoms with Crippen molar-refractivity contribution in [2.45, 2.75) is 31.5 Å². The molecule has 0 saturated heterocycles. The fraction of sp³-hybridized carbons (Fsp3) is 0.250. The predicted molar refractivity (Wildman–Crippen MR) is 104 cm³/mol. The zero-order chi connectivity index (χ0) is 19.4. The normalized spacial score (nSPS) is 20.4. The van der Waals surface area contributed by atoms with Gasteiger partial charge in [-0.3, -0.25) is 0 Å². The number of guanidine groups is 1. The lowest BCUT2D eigenvalue weighted by Gasteiger charge is -2.43. The molecule has 1 aliphatic heterocycles. The maximum atomic E-state index is 10.9. The van der Waals surface area contributed by atoms with E-state index in [1.165, 1.54) is 0 Å². The minimum Gasteiger partial charge on any atom is -0.388 e. The van der Waals surface area contributed by atoms with E-state index >= 15 is 0 Å². The summed E-state index contributed by atoms with van der Waals surface area (Å²) < 4.78 is 0. The molecule has 27 heavy (non-hydrogen) atoms. The van der Waals surface area contributed by atoms with Gasteiger partial charge in [0.05, 0.1) is 23.2 Å². The zero-order valence-electron chi connectivity index (χ0n) is 15.1. The summed E-state index contributed by atoms with van der Waals surface area (Å²) in [5.41, 5.74) is 2.18. The van der Waals surface area contributed by atoms with E-state index in [-0.39, 0.29) is 5.96 Å². The van der Waals surface area contributed by atoms with Crippen LogP contribution < -0.4 is 16.0 Å². The highest BCUT2D eigenvalue weighted by atomic mass is 16.3. The minimum absolute atomic E-state index is 0.221. The molecule has 7 heteroatoms. The largest absolute Gasteiger partial charge is 0.388 e. The molecule has 0 saturated carbocycles. The Morgan fingerprint density at radius 2 is 1.93 bits per heavy atom. The molecule has 2 aromatic rings. The van der Waals surface area contributed by atoms with Crippen molar-refractivity contribution in [3.63, 3.8) is 0 Å². The van der Waals surface area contributed by atoms with E-state index in [4.69, 9.17) is 5.26 Å². The molecule has 1 aliphatic rings. The number of hydrogen-bond acceptors (Lipinski definition) is 5. The monoisotopic (exact) mass is 360 g/mol. The highest BCUT2D eigenvalue weighted by Crippen LogP contribution is 2.38. The van der Waals surface area contributed by atoms with Crippen molar-refractivity contribution in [1.29, 1.82) is 10.5 Å². The van der Waals surface area contributed by atoms with Crippen LogP contribution in [0.1, 0.15) is 31.0 Å². The third-order valence-electron chi connectivity index (χ3n) is 4.52. The number of aliphatic hydroxyl groups excluding tert-OH is 1. The van der Waals surface area contributed by atoms with E-state index in [0.717, 1.165) is 16.9 Å². The van der Waals surface area contributed by atoms with Crippen LogP contribution in [0.3, 0.4) is 0 Å². The first-order chi connectivity index (χ1) is 12.9. The molecule has 2 atom stereocenters. The van der Waals surface area contributed by atoms with Gasteiger partial charge in [-0.05, 0) is 44.2 Å². The standard InChI is InChI=1S/C20H20N6O/c1-20(2)18(27)17(15-10-13(11-21)8-9-16(15)26-20)25-19(23-12-22)24-14-6-4-3-5-7-14/h3-10,17-18,26-27H,1-2H3,(H2,23,24,25). The van der Waals surface area contributed by atoms with E-state index in [1.807, 2.05) is 50.2 Å². The molecular weight excluding hydrogens is 340 g/mol. The van der Waals surface area contributed by atoms with Gasteiger partial charge in [-0.15, -0.1) is 4.99 Å². The highest BCUT2D eigenvalue weighted by Gasteiger charge is 2.41. The van der Waals surface area contributed by atoms with Crippen LogP contribution in [-0.4, -0.2) is 22.7 Å². The van der Waals surface area contributed by atoms with Crippen LogP contribution >= 0.6 is 0 Å². The Labute approximate surface area is 158 Å². The summed E-state index contributed by atoms with van der Waals surface area (Å²) in [5, 5.41) is 38.7. The van der Waals surface area contributed by atoms with Crippen molar-refractivity contribution in [3.8, 4) is 12.3 Å². The maximum Gasteiger partial charge on any atom is 0.212 e. The van der Waals surface area contributed by atoms with Crippen LogP contribution in [0.25, 0.3) is 0 Å². The predicted octanol–water partition coefficient (Wildman–Crippen LogP) is 2.70. The fourth-order valence-electron chi connectivity index (χ4n) is 3.12. The Bertz CT molecular complexity index is 939. The summed E-state index contributed by atoms with van der Waals surface area (Å²) in [6, 6.07) is 16.1. The van der Waals surface area contributed by atoms with E-state index in [2.05, 4.69) is 27.0 Å². The molecule has 2 aromatic carbocycles. The van der Waals surface area contributed by atoms with Crippen molar-refractivity contribution >= 4 is 17.3 Å². The third-order valence-corrected chi connectivity index (χ3v) is 4.52. The van der Waals surface area contributed by atoms with E-state index in [9.17, 15) is 10.4 Å². The fourth-order valence-corrected chi connectivity index (χ4v) is 3.12. The molecule has 0 aromatic heterocycles. The number of nitrogens with zero attached hydrogens (tertiary/aromatic N) is 3. The quantitative estimate of drug-likeness (QED) is 0.372. The van der Waals surface area contributed by atoms with Crippen LogP contribution in [0, 0.1) is 22.8 Å². The molecule has 0 fully saturated rings. The Morgan fingerprint density at radius 3 is 2.59 bits per heavy atom. The van der Waals surface area contributed by atoms with Crippen molar-refractivity contribution in [3.05, 3.63) is 59.7 Å². The van der Waals surface area contributed by atoms with Crippen molar-refractivity contribution < 1.29 is 5.11 Å². The van der Waals surface area contributed by atoms with Crippen LogP contribution in [-0.2, 0) is 0 Å². The second-order valence-corrected chi connectivity index (χ2v) is 6.88. The van der Waals surface area contributed by atoms with Crippen LogP contribution in [0.2, 0.25) is 0 Å². The molecule has 136 valence electrons. The van der Waals surface area contributed by atoms with Gasteiger partial charge in [0.25, 0.3) is 0 Å². The lowest BCUT2D eigenvalue weighted by molar-refractivity contribution is 0.0758. The third kappa shape index (κ3) is 3.84. The number of para-hydroxylation sites is 1. The van der Waals surface area contributed by atoms with Gasteiger partial charge in [0, 0.05) is 16.9 Å². The molecule has 1 heterocycles. The number of aliphatic imine (C=N–C) groups is 1. The first-order valence-electron chi connectivity index (χ1n) is 8.50. The molecule has 3 rings (SSSR count). The number of rotatable bonds is 2. The molecule has 0 bridgehead atoms. The molecule has 0 amide bonds. The van der Waals surface area contributed by atoms with Gasteiger partial charge in [0.15, 0.2) is 0 Å². The average Bonchev–Trinajstić information content (AvgIpc) is 2.66. The number of fused-ring (bicyclic) bond motifs is 1. The van der Waals surface area contributed by atoms with Gasteiger partial charge >= 0.3 is 0 Å². The number of benzene rings is 2. The SMILES string of the molecule is CC1(C)Nc2ccc(C#N)cc2C(N/C(=N\C#N)Nc2ccccc2)C1O. The number of nitriles is 2. The van der Waals surface area contributed by atoms with Crippen LogP contribution in [0.5, 0.6) is 0 Å². The molecule has 2 unspecified atom stereocenters. The number of anilines is 2. The summed E-state index contributed by atoms with van der Waals surface area (Å²) in [6.45, 7) is 3.78. The molecule has 7 nitrogen and oxygen atoms in total. The summed E-state index contributed by atoms with van der Waals surface area (Å²) in [5.74, 6) is 0.221. The lowest BCUT2D eigenvalue weighted by Crippen LogP contribution is -2.55. The summed E-state index contributed by atoms with van der Waals surface area (Å²) >= 11 is 0. The Morgan fingerprint density at radius 1 is 1.19 bits per heavy atom. The highest BCUT2D eigenvalue weighted by molar-refractivity contribution is 5.94. The minimum atomic E-state index is -0.833. The van der Waals surface area contributed by atoms with Crippen molar-refractivity contribution in [2.75, 3.05) is 10.6 Å². The Balaban J connectivity index is 1.97. The summed E-state index contributed by atoms with van der Waals surface area (Å²) in [7, 11) is 0. The Hall–Kier alpha value is -3.55. The van der Waals surface area contributed by atoms with Gasteiger partial charge in [-0.25, -0.2) is 0 Å². The number of aliphatic hydroxyl groups is 1. The first-order valence-corrected chi connectivity index (χ1v) is 8.50. The van der Waals surface area contributed by atoms with Crippen molar-refractivity contribution in [2.24, 2.45) is 4.99 Å². The van der Waals surface area contributed by atoms with Gasteiger partial charge < -0.3 is 21.1 Å². The smallest absolute Gasteiger partial charge is 0.212 e. The van der Waals surface area contributed by atoms with Gasteiger partial charge in [-0.2, -0.15) is 10.5 Å². The lowest BCUT2D eigenvalue weighted by atomic mass is 9.82. The average molecular weight is 360 g/mol. The van der Waals surface area contributed by atoms with Crippen LogP contribution in [0.15, 0.2) is 53.5 Å². The molecular formula is C20H20N6O. The number of hydrogen-bond donors (Lipinski definition) is 4. The number of nitrogens with one attached hydrogen (secondary N) is 3. The molecule has 0 radical (unpaired) electrons. The second-order valence-electron chi connectivity index (χ2n) is 6.88. The molecule has 4 N–H and O–H groups in total. The zero-order valence-corrected chi connectivity index (χ0v) is 15.1. The Kier molecular flexibility index (Phi) is 4.98. The molecule has 0 spiro atoms. The topological polar surface area (TPSA) is 116 Å². The van der Waals surface area contributed by atoms with E-state index in [1.54, 1.807) is 18.3 Å². The van der Waals surface area contributed by atoms with E-state index in [0.29, 0.717) is 5.56 Å². The van der Waals surface area contributed by atoms with Gasteiger partial charge in [0.1, 0.15) is 6.10 Å². The van der Waals surface area contributed by atoms with Crippen molar-refractivity contribution in [1.82, 2.24) is 5.32 Å². The summed E-state index contributed by atoms with van der Waals surface area (Å²) in [4.78, 5) is 3.81. The molecule has 0 aliphatic carbocycles. The van der Waals surface area contributed by atoms with E-state index < -0.39 is 17.7 Å². The maximum absolute atomic E-state index is 10.9. The first kappa shape index (κ1) is 18.2. The van der Waals surface area contributed by atoms with Crippen LogP contribution in [0.4, 0.5) is 11.4 Å². The summed E-state index contributed by atoms with van der Waals surface area (Å²) in [6.07, 6.45) is 0.940. The van der Waals surface area contributed by atoms with Gasteiger partial charge in [0.2, 0.25) is 12.2 Å².